The van der Waals surface area contributed by atoms with Gasteiger partial charge >= 0.3 is 0 Å². The zero-order valence-electron chi connectivity index (χ0n) is 17.1. The second kappa shape index (κ2) is 10.5. The molecule has 0 radical (unpaired) electrons. The van der Waals surface area contributed by atoms with E-state index in [0.29, 0.717) is 13.2 Å². The zero-order valence-corrected chi connectivity index (χ0v) is 17.1. The van der Waals surface area contributed by atoms with Gasteiger partial charge in [0.15, 0.2) is 0 Å². The summed E-state index contributed by atoms with van der Waals surface area (Å²) in [5, 5.41) is 5.70. The number of hydrogen-bond acceptors (Lipinski definition) is 3. The maximum atomic E-state index is 12.5. The van der Waals surface area contributed by atoms with E-state index in [1.165, 1.54) is 5.56 Å². The molecule has 28 heavy (non-hydrogen) atoms. The molecule has 0 aliphatic heterocycles. The predicted molar refractivity (Wildman–Crippen MR) is 111 cm³/mol. The van der Waals surface area contributed by atoms with Crippen LogP contribution < -0.4 is 15.4 Å². The molecule has 2 N–H and O–H groups in total. The van der Waals surface area contributed by atoms with Gasteiger partial charge in [-0.25, -0.2) is 0 Å². The number of carbonyl (C=O) groups excluding carboxylic acids is 2. The number of carbonyl (C=O) groups is 2. The van der Waals surface area contributed by atoms with Crippen molar-refractivity contribution in [3.8, 4) is 5.75 Å². The highest BCUT2D eigenvalue weighted by Gasteiger charge is 2.23. The van der Waals surface area contributed by atoms with E-state index in [2.05, 4.69) is 16.7 Å². The Labute approximate surface area is 167 Å². The number of rotatable bonds is 9. The van der Waals surface area contributed by atoms with Crippen molar-refractivity contribution >= 4 is 11.8 Å². The van der Waals surface area contributed by atoms with Crippen LogP contribution in [0.3, 0.4) is 0 Å². The Morgan fingerprint density at radius 2 is 1.75 bits per heavy atom. The standard InChI is InChI=1S/C23H30N2O3/c1-16(2)22(25-21(26)15-19-8-6-5-7-9-19)23(27)24-12-13-28-20-11-10-17(3)14-18(20)4/h5-11,14,16,22H,12-13,15H2,1-4H3,(H,24,27)(H,25,26)/t22-/m0/s1. The fraction of sp³-hybridized carbons (Fsp3) is 0.391. The molecular formula is C23H30N2O3. The molecule has 2 aromatic carbocycles. The molecule has 0 heterocycles. The Morgan fingerprint density at radius 3 is 2.39 bits per heavy atom. The van der Waals surface area contributed by atoms with Crippen LogP contribution in [0.1, 0.15) is 30.5 Å². The van der Waals surface area contributed by atoms with E-state index < -0.39 is 6.04 Å². The summed E-state index contributed by atoms with van der Waals surface area (Å²) in [6.45, 7) is 8.62. The molecule has 2 amide bonds. The van der Waals surface area contributed by atoms with Gasteiger partial charge in [0.1, 0.15) is 18.4 Å². The highest BCUT2D eigenvalue weighted by Crippen LogP contribution is 2.18. The predicted octanol–water partition coefficient (Wildman–Crippen LogP) is 3.18. The van der Waals surface area contributed by atoms with Crippen LogP contribution >= 0.6 is 0 Å². The molecule has 5 heteroatoms. The lowest BCUT2D eigenvalue weighted by Crippen LogP contribution is -2.50. The van der Waals surface area contributed by atoms with Crippen LogP contribution in [0.15, 0.2) is 48.5 Å². The molecule has 2 aromatic rings. The van der Waals surface area contributed by atoms with E-state index in [9.17, 15) is 9.59 Å². The maximum absolute atomic E-state index is 12.5. The highest BCUT2D eigenvalue weighted by molar-refractivity contribution is 5.88. The maximum Gasteiger partial charge on any atom is 0.242 e. The molecule has 0 unspecified atom stereocenters. The van der Waals surface area contributed by atoms with Crippen molar-refractivity contribution in [2.24, 2.45) is 5.92 Å². The molecule has 0 aromatic heterocycles. The SMILES string of the molecule is Cc1ccc(OCCNC(=O)[C@@H](NC(=O)Cc2ccccc2)C(C)C)c(C)c1. The Morgan fingerprint density at radius 1 is 1.04 bits per heavy atom. The third-order valence-corrected chi connectivity index (χ3v) is 4.46. The Kier molecular flexibility index (Phi) is 8.05. The molecule has 0 bridgehead atoms. The van der Waals surface area contributed by atoms with Crippen LogP contribution in [0.5, 0.6) is 5.75 Å². The first-order valence-electron chi connectivity index (χ1n) is 9.68. The molecule has 0 aliphatic carbocycles. The van der Waals surface area contributed by atoms with E-state index in [1.54, 1.807) is 0 Å². The fourth-order valence-corrected chi connectivity index (χ4v) is 2.95. The Hall–Kier alpha value is -2.82. The summed E-state index contributed by atoms with van der Waals surface area (Å²) in [7, 11) is 0. The van der Waals surface area contributed by atoms with Crippen LogP contribution in [-0.2, 0) is 16.0 Å². The van der Waals surface area contributed by atoms with Crippen LogP contribution in [0.2, 0.25) is 0 Å². The monoisotopic (exact) mass is 382 g/mol. The van der Waals surface area contributed by atoms with Crippen LogP contribution in [0.4, 0.5) is 0 Å². The molecule has 5 nitrogen and oxygen atoms in total. The summed E-state index contributed by atoms with van der Waals surface area (Å²) in [6.07, 6.45) is 0.257. The minimum atomic E-state index is -0.572. The largest absolute Gasteiger partial charge is 0.491 e. The van der Waals surface area contributed by atoms with Crippen molar-refractivity contribution in [1.29, 1.82) is 0 Å². The van der Waals surface area contributed by atoms with Crippen LogP contribution in [0.25, 0.3) is 0 Å². The summed E-state index contributed by atoms with van der Waals surface area (Å²) < 4.78 is 5.74. The second-order valence-electron chi connectivity index (χ2n) is 7.36. The molecular weight excluding hydrogens is 352 g/mol. The van der Waals surface area contributed by atoms with Crippen molar-refractivity contribution < 1.29 is 14.3 Å². The van der Waals surface area contributed by atoms with Crippen molar-refractivity contribution in [2.45, 2.75) is 40.2 Å². The van der Waals surface area contributed by atoms with Crippen molar-refractivity contribution in [3.63, 3.8) is 0 Å². The Bertz CT molecular complexity index is 788. The molecule has 0 saturated carbocycles. The van der Waals surface area contributed by atoms with Gasteiger partial charge in [0.05, 0.1) is 13.0 Å². The molecule has 0 fully saturated rings. The van der Waals surface area contributed by atoms with Gasteiger partial charge in [-0.2, -0.15) is 0 Å². The van der Waals surface area contributed by atoms with E-state index in [0.717, 1.165) is 16.9 Å². The van der Waals surface area contributed by atoms with Crippen LogP contribution in [0, 0.1) is 19.8 Å². The average molecular weight is 383 g/mol. The molecule has 1 atom stereocenters. The minimum Gasteiger partial charge on any atom is -0.491 e. The molecule has 0 spiro atoms. The lowest BCUT2D eigenvalue weighted by atomic mass is 10.0. The number of aryl methyl sites for hydroxylation is 2. The molecule has 0 aliphatic rings. The van der Waals surface area contributed by atoms with Gasteiger partial charge in [-0.3, -0.25) is 9.59 Å². The van der Waals surface area contributed by atoms with Gasteiger partial charge in [-0.05, 0) is 37.0 Å². The van der Waals surface area contributed by atoms with Gasteiger partial charge in [0.2, 0.25) is 11.8 Å². The number of ether oxygens (including phenoxy) is 1. The first-order chi connectivity index (χ1) is 13.4. The van der Waals surface area contributed by atoms with E-state index >= 15 is 0 Å². The van der Waals surface area contributed by atoms with Gasteiger partial charge in [0, 0.05) is 0 Å². The number of benzene rings is 2. The topological polar surface area (TPSA) is 67.4 Å². The van der Waals surface area contributed by atoms with Crippen LogP contribution in [-0.4, -0.2) is 31.0 Å². The van der Waals surface area contributed by atoms with Gasteiger partial charge in [-0.15, -0.1) is 0 Å². The lowest BCUT2D eigenvalue weighted by molar-refractivity contribution is -0.129. The summed E-state index contributed by atoms with van der Waals surface area (Å²) in [4.78, 5) is 24.8. The second-order valence-corrected chi connectivity index (χ2v) is 7.36. The van der Waals surface area contributed by atoms with Gasteiger partial charge < -0.3 is 15.4 Å². The number of nitrogens with one attached hydrogen (secondary N) is 2. The molecule has 150 valence electrons. The van der Waals surface area contributed by atoms with Gasteiger partial charge in [0.25, 0.3) is 0 Å². The molecule has 0 saturated heterocycles. The Balaban J connectivity index is 1.80. The summed E-state index contributed by atoms with van der Waals surface area (Å²) in [6, 6.07) is 14.9. The first kappa shape index (κ1) is 21.5. The third-order valence-electron chi connectivity index (χ3n) is 4.46. The number of hydrogen-bond donors (Lipinski definition) is 2. The molecule has 2 rings (SSSR count). The summed E-state index contributed by atoms with van der Waals surface area (Å²) in [5.41, 5.74) is 3.17. The van der Waals surface area contributed by atoms with E-state index in [4.69, 9.17) is 4.74 Å². The smallest absolute Gasteiger partial charge is 0.242 e. The van der Waals surface area contributed by atoms with Gasteiger partial charge in [-0.1, -0.05) is 61.9 Å². The lowest BCUT2D eigenvalue weighted by Gasteiger charge is -2.22. The number of amides is 2. The van der Waals surface area contributed by atoms with Crippen molar-refractivity contribution in [2.75, 3.05) is 13.2 Å². The summed E-state index contributed by atoms with van der Waals surface area (Å²) in [5.74, 6) is 0.448. The minimum absolute atomic E-state index is 0.0139. The van der Waals surface area contributed by atoms with E-state index in [-0.39, 0.29) is 24.2 Å². The summed E-state index contributed by atoms with van der Waals surface area (Å²) >= 11 is 0. The fourth-order valence-electron chi connectivity index (χ4n) is 2.95. The highest BCUT2D eigenvalue weighted by atomic mass is 16.5. The quantitative estimate of drug-likeness (QED) is 0.655. The third kappa shape index (κ3) is 6.72. The zero-order chi connectivity index (χ0) is 20.5. The normalized spacial score (nSPS) is 11.8. The van der Waals surface area contributed by atoms with Crippen molar-refractivity contribution in [1.82, 2.24) is 10.6 Å². The first-order valence-corrected chi connectivity index (χ1v) is 9.68. The van der Waals surface area contributed by atoms with E-state index in [1.807, 2.05) is 70.2 Å². The van der Waals surface area contributed by atoms with Crippen molar-refractivity contribution in [3.05, 3.63) is 65.2 Å². The average Bonchev–Trinajstić information content (AvgIpc) is 2.65.